The topological polar surface area (TPSA) is 110 Å². The van der Waals surface area contributed by atoms with Crippen LogP contribution in [0, 0.1) is 5.82 Å². The van der Waals surface area contributed by atoms with Crippen molar-refractivity contribution in [1.29, 1.82) is 0 Å². The molecule has 0 saturated carbocycles. The maximum atomic E-state index is 13.1. The molecule has 40 heavy (non-hydrogen) atoms. The fourth-order valence-electron chi connectivity index (χ4n) is 3.85. The van der Waals surface area contributed by atoms with E-state index in [1.807, 2.05) is 12.1 Å². The first-order valence-electron chi connectivity index (χ1n) is 11.9. The Morgan fingerprint density at radius 1 is 0.825 bits per heavy atom. The van der Waals surface area contributed by atoms with Gasteiger partial charge >= 0.3 is 24.3 Å². The molecule has 1 aromatic carbocycles. The molecule has 0 aliphatic carbocycles. The molecule has 0 bridgehead atoms. The number of piperazine rings is 1. The normalized spacial score (nSPS) is 16.4. The highest BCUT2D eigenvalue weighted by molar-refractivity contribution is 5.73. The van der Waals surface area contributed by atoms with Crippen molar-refractivity contribution in [3.63, 3.8) is 0 Å². The molecule has 1 fully saturated rings. The SMILES string of the molecule is CN1CCN(c2ncnc3c2CCN(Cc2ccc(F)cc2)CC3)CC1.O=C(O)C(F)(F)F.O=C(O)C(F)(F)F. The Kier molecular flexibility index (Phi) is 11.6. The van der Waals surface area contributed by atoms with Gasteiger partial charge in [-0.15, -0.1) is 0 Å². The molecule has 2 N–H and O–H groups in total. The average molecular weight is 584 g/mol. The van der Waals surface area contributed by atoms with Crippen molar-refractivity contribution in [3.8, 4) is 0 Å². The number of halogens is 7. The molecule has 4 rings (SSSR count). The number of likely N-dealkylation sites (N-methyl/N-ethyl adjacent to an activating group) is 1. The summed E-state index contributed by atoms with van der Waals surface area (Å²) in [6.45, 7) is 7.02. The van der Waals surface area contributed by atoms with Crippen LogP contribution in [0.4, 0.5) is 36.6 Å². The van der Waals surface area contributed by atoms with Gasteiger partial charge in [-0.1, -0.05) is 12.1 Å². The Balaban J connectivity index is 0.000000333. The molecule has 2 aliphatic rings. The number of anilines is 1. The number of aromatic nitrogens is 2. The number of benzene rings is 1. The number of nitrogens with zero attached hydrogens (tertiary/aromatic N) is 5. The zero-order valence-corrected chi connectivity index (χ0v) is 21.3. The molecule has 0 unspecified atom stereocenters. The fourth-order valence-corrected chi connectivity index (χ4v) is 3.85. The number of rotatable bonds is 3. The summed E-state index contributed by atoms with van der Waals surface area (Å²) >= 11 is 0. The molecule has 0 spiro atoms. The third-order valence-corrected chi connectivity index (χ3v) is 5.96. The molecule has 9 nitrogen and oxygen atoms in total. The van der Waals surface area contributed by atoms with E-state index in [0.29, 0.717) is 0 Å². The molecular weight excluding hydrogens is 555 g/mol. The minimum Gasteiger partial charge on any atom is -0.475 e. The molecule has 222 valence electrons. The van der Waals surface area contributed by atoms with Crippen molar-refractivity contribution in [2.24, 2.45) is 0 Å². The first kappa shape index (κ1) is 32.7. The summed E-state index contributed by atoms with van der Waals surface area (Å²) < 4.78 is 76.6. The van der Waals surface area contributed by atoms with Gasteiger partial charge in [0.2, 0.25) is 0 Å². The second-order valence-corrected chi connectivity index (χ2v) is 8.92. The van der Waals surface area contributed by atoms with Crippen LogP contribution in [0.15, 0.2) is 30.6 Å². The van der Waals surface area contributed by atoms with E-state index in [1.165, 1.54) is 11.3 Å². The molecule has 0 atom stereocenters. The Bertz CT molecular complexity index is 1100. The number of hydrogen-bond donors (Lipinski definition) is 2. The maximum Gasteiger partial charge on any atom is 0.490 e. The summed E-state index contributed by atoms with van der Waals surface area (Å²) in [6, 6.07) is 6.84. The Morgan fingerprint density at radius 3 is 1.82 bits per heavy atom. The van der Waals surface area contributed by atoms with Crippen LogP contribution >= 0.6 is 0 Å². The van der Waals surface area contributed by atoms with Crippen LogP contribution in [-0.4, -0.2) is 101 Å². The van der Waals surface area contributed by atoms with Crippen molar-refractivity contribution >= 4 is 17.8 Å². The van der Waals surface area contributed by atoms with E-state index in [2.05, 4.69) is 31.7 Å². The molecule has 0 radical (unpaired) electrons. The summed E-state index contributed by atoms with van der Waals surface area (Å²) in [5, 5.41) is 14.2. The molecule has 0 amide bonds. The van der Waals surface area contributed by atoms with Crippen molar-refractivity contribution in [3.05, 3.63) is 53.2 Å². The van der Waals surface area contributed by atoms with E-state index in [1.54, 1.807) is 18.5 Å². The lowest BCUT2D eigenvalue weighted by Crippen LogP contribution is -2.45. The van der Waals surface area contributed by atoms with E-state index >= 15 is 0 Å². The maximum absolute atomic E-state index is 13.1. The van der Waals surface area contributed by atoms with Crippen molar-refractivity contribution in [2.75, 3.05) is 51.2 Å². The van der Waals surface area contributed by atoms with Crippen molar-refractivity contribution < 1.29 is 50.5 Å². The van der Waals surface area contributed by atoms with Gasteiger partial charge in [-0.25, -0.2) is 23.9 Å². The summed E-state index contributed by atoms with van der Waals surface area (Å²) in [5.74, 6) is -4.56. The van der Waals surface area contributed by atoms with Crippen LogP contribution in [-0.2, 0) is 29.0 Å². The van der Waals surface area contributed by atoms with Gasteiger partial charge in [0.25, 0.3) is 0 Å². The summed E-state index contributed by atoms with van der Waals surface area (Å²) in [5.41, 5.74) is 3.66. The zero-order chi connectivity index (χ0) is 30.1. The molecule has 16 heteroatoms. The average Bonchev–Trinajstić information content (AvgIpc) is 3.08. The zero-order valence-electron chi connectivity index (χ0n) is 21.3. The predicted molar refractivity (Wildman–Crippen MR) is 128 cm³/mol. The van der Waals surface area contributed by atoms with Gasteiger partial charge in [0, 0.05) is 57.8 Å². The standard InChI is InChI=1S/C20H26FN5.2C2HF3O2/c1-24-10-12-26(13-11-24)20-18-6-8-25(9-7-19(18)22-15-23-20)14-16-2-4-17(21)5-3-16;2*3-2(4,5)1(6)7/h2-5,15H,6-14H2,1H3;2*(H,6,7). The number of fused-ring (bicyclic) bond motifs is 1. The van der Waals surface area contributed by atoms with Gasteiger partial charge in [0.15, 0.2) is 0 Å². The third kappa shape index (κ3) is 10.6. The molecular formula is C24H28F7N5O4. The Labute approximate surface area is 224 Å². The third-order valence-electron chi connectivity index (χ3n) is 5.96. The minimum absolute atomic E-state index is 0.177. The predicted octanol–water partition coefficient (Wildman–Crippen LogP) is 3.23. The van der Waals surface area contributed by atoms with Crippen molar-refractivity contribution in [2.45, 2.75) is 31.7 Å². The molecule has 3 heterocycles. The lowest BCUT2D eigenvalue weighted by molar-refractivity contribution is -0.193. The monoisotopic (exact) mass is 583 g/mol. The number of alkyl halides is 6. The molecule has 1 aromatic heterocycles. The minimum atomic E-state index is -5.08. The van der Waals surface area contributed by atoms with Crippen LogP contribution in [0.3, 0.4) is 0 Å². The summed E-state index contributed by atoms with van der Waals surface area (Å²) in [4.78, 5) is 34.2. The largest absolute Gasteiger partial charge is 0.490 e. The smallest absolute Gasteiger partial charge is 0.475 e. The van der Waals surface area contributed by atoms with Gasteiger partial charge in [-0.05, 0) is 31.2 Å². The highest BCUT2D eigenvalue weighted by Crippen LogP contribution is 2.25. The number of aliphatic carboxylic acids is 2. The highest BCUT2D eigenvalue weighted by atomic mass is 19.4. The van der Waals surface area contributed by atoms with Gasteiger partial charge in [0.05, 0.1) is 5.69 Å². The van der Waals surface area contributed by atoms with Crippen LogP contribution in [0.2, 0.25) is 0 Å². The van der Waals surface area contributed by atoms with Crippen molar-refractivity contribution in [1.82, 2.24) is 19.8 Å². The number of carboxylic acid groups (broad SMARTS) is 2. The van der Waals surface area contributed by atoms with Gasteiger partial charge in [-0.3, -0.25) is 4.90 Å². The van der Waals surface area contributed by atoms with Crippen LogP contribution in [0.25, 0.3) is 0 Å². The van der Waals surface area contributed by atoms with Gasteiger partial charge in [-0.2, -0.15) is 26.3 Å². The number of carboxylic acids is 2. The second kappa shape index (κ2) is 14.2. The second-order valence-electron chi connectivity index (χ2n) is 8.92. The number of carbonyl (C=O) groups is 2. The molecule has 1 saturated heterocycles. The Morgan fingerprint density at radius 2 is 1.32 bits per heavy atom. The van der Waals surface area contributed by atoms with Crippen LogP contribution in [0.5, 0.6) is 0 Å². The lowest BCUT2D eigenvalue weighted by atomic mass is 10.1. The first-order chi connectivity index (χ1) is 18.6. The van der Waals surface area contributed by atoms with E-state index in [4.69, 9.17) is 19.8 Å². The molecule has 2 aliphatic heterocycles. The van der Waals surface area contributed by atoms with E-state index in [-0.39, 0.29) is 5.82 Å². The van der Waals surface area contributed by atoms with Gasteiger partial charge < -0.3 is 20.0 Å². The number of hydrogen-bond acceptors (Lipinski definition) is 7. The first-order valence-corrected chi connectivity index (χ1v) is 11.9. The van der Waals surface area contributed by atoms with E-state index in [0.717, 1.165) is 70.0 Å². The van der Waals surface area contributed by atoms with E-state index < -0.39 is 24.3 Å². The fraction of sp³-hybridized carbons (Fsp3) is 0.500. The van der Waals surface area contributed by atoms with Crippen LogP contribution in [0.1, 0.15) is 16.8 Å². The summed E-state index contributed by atoms with van der Waals surface area (Å²) in [7, 11) is 2.17. The van der Waals surface area contributed by atoms with Crippen LogP contribution < -0.4 is 4.90 Å². The van der Waals surface area contributed by atoms with Gasteiger partial charge in [0.1, 0.15) is 18.0 Å². The highest BCUT2D eigenvalue weighted by Gasteiger charge is 2.38. The quantitative estimate of drug-likeness (QED) is 0.527. The van der Waals surface area contributed by atoms with E-state index in [9.17, 15) is 30.7 Å². The lowest BCUT2D eigenvalue weighted by Gasteiger charge is -2.34. The summed E-state index contributed by atoms with van der Waals surface area (Å²) in [6.07, 6.45) is -6.53. The Hall–Kier alpha value is -3.53. The molecule has 2 aromatic rings.